The Morgan fingerprint density at radius 3 is 2.36 bits per heavy atom. The lowest BCUT2D eigenvalue weighted by atomic mass is 9.69. The molecule has 1 heterocycles. The normalized spacial score (nSPS) is 20.6. The molecule has 5 rings (SSSR count). The van der Waals surface area contributed by atoms with Crippen molar-refractivity contribution < 1.29 is 40.0 Å². The molecule has 204 valence electrons. The average Bonchev–Trinajstić information content (AvgIpc) is 3.26. The van der Waals surface area contributed by atoms with E-state index in [9.17, 15) is 26.4 Å². The predicted molar refractivity (Wildman–Crippen MR) is 135 cm³/mol. The molecule has 0 bridgehead atoms. The number of nitrogens with zero attached hydrogens (tertiary/aromatic N) is 1. The summed E-state index contributed by atoms with van der Waals surface area (Å²) in [6.45, 7) is -0.000865. The van der Waals surface area contributed by atoms with E-state index in [-0.39, 0.29) is 6.54 Å². The maximum Gasteiger partial charge on any atom is 0.534 e. The lowest BCUT2D eigenvalue weighted by molar-refractivity contribution is -0.134. The molecule has 2 atom stereocenters. The largest absolute Gasteiger partial charge is 0.534 e. The summed E-state index contributed by atoms with van der Waals surface area (Å²) in [7, 11) is -3.20. The standard InChI is InChI=1S/C28H24F3NO6S/c1-36-21-12-7-11-20(15-21)27-16-23(38-39(34,35)28(29,30)31)26(33)32(17-18-8-4-3-5-9-18)24(27)14-19-10-6-13-22(37-2)25(19)27/h3-13,15-16,24H,14,17H2,1-2H3/t24-,27+/m0/s1. The second-order valence-electron chi connectivity index (χ2n) is 9.23. The molecule has 7 nitrogen and oxygen atoms in total. The maximum atomic E-state index is 13.7. The Morgan fingerprint density at radius 2 is 1.69 bits per heavy atom. The number of benzene rings is 3. The molecule has 0 aromatic heterocycles. The molecule has 3 aromatic carbocycles. The van der Waals surface area contributed by atoms with E-state index < -0.39 is 38.7 Å². The Balaban J connectivity index is 1.81. The highest BCUT2D eigenvalue weighted by atomic mass is 32.2. The van der Waals surface area contributed by atoms with E-state index in [0.29, 0.717) is 34.6 Å². The number of alkyl halides is 3. The molecule has 0 N–H and O–H groups in total. The molecular formula is C28H24F3NO6S. The van der Waals surface area contributed by atoms with E-state index in [4.69, 9.17) is 9.47 Å². The number of ether oxygens (including phenoxy) is 2. The first-order valence-electron chi connectivity index (χ1n) is 11.9. The van der Waals surface area contributed by atoms with Gasteiger partial charge in [0, 0.05) is 12.1 Å². The van der Waals surface area contributed by atoms with Gasteiger partial charge in [0.15, 0.2) is 0 Å². The number of halogens is 3. The first kappa shape index (κ1) is 26.6. The summed E-state index contributed by atoms with van der Waals surface area (Å²) in [4.78, 5) is 15.1. The summed E-state index contributed by atoms with van der Waals surface area (Å²) in [5, 5.41) is 0. The number of methoxy groups -OCH3 is 2. The molecule has 11 heteroatoms. The van der Waals surface area contributed by atoms with E-state index in [2.05, 4.69) is 4.18 Å². The van der Waals surface area contributed by atoms with Gasteiger partial charge in [-0.05, 0) is 47.4 Å². The van der Waals surface area contributed by atoms with Crippen LogP contribution in [0, 0.1) is 0 Å². The molecule has 0 unspecified atom stereocenters. The topological polar surface area (TPSA) is 82.1 Å². The van der Waals surface area contributed by atoms with Crippen molar-refractivity contribution in [1.82, 2.24) is 4.90 Å². The van der Waals surface area contributed by atoms with Gasteiger partial charge in [0.2, 0.25) is 5.76 Å². The van der Waals surface area contributed by atoms with Crippen LogP contribution < -0.4 is 9.47 Å². The van der Waals surface area contributed by atoms with Gasteiger partial charge < -0.3 is 18.6 Å². The Labute approximate surface area is 223 Å². The second kappa shape index (κ2) is 9.64. The minimum atomic E-state index is -6.14. The van der Waals surface area contributed by atoms with Gasteiger partial charge in [0.05, 0.1) is 25.7 Å². The van der Waals surface area contributed by atoms with Crippen molar-refractivity contribution in [3.63, 3.8) is 0 Å². The predicted octanol–water partition coefficient (Wildman–Crippen LogP) is 4.71. The number of rotatable bonds is 7. The van der Waals surface area contributed by atoms with Gasteiger partial charge in [-0.15, -0.1) is 0 Å². The number of carbonyl (C=O) groups is 1. The average molecular weight is 560 g/mol. The van der Waals surface area contributed by atoms with Gasteiger partial charge >= 0.3 is 15.6 Å². The number of amides is 1. The molecule has 1 aliphatic heterocycles. The fourth-order valence-corrected chi connectivity index (χ4v) is 5.94. The molecule has 3 aromatic rings. The third-order valence-corrected chi connectivity index (χ3v) is 8.08. The van der Waals surface area contributed by atoms with Gasteiger partial charge in [-0.1, -0.05) is 54.6 Å². The summed E-state index contributed by atoms with van der Waals surface area (Å²) in [6, 6.07) is 20.5. The van der Waals surface area contributed by atoms with E-state index in [0.717, 1.165) is 5.56 Å². The summed E-state index contributed by atoms with van der Waals surface area (Å²) in [5.74, 6) is -1.02. The van der Waals surface area contributed by atoms with Gasteiger partial charge in [-0.25, -0.2) is 0 Å². The van der Waals surface area contributed by atoms with Crippen molar-refractivity contribution in [2.75, 3.05) is 14.2 Å². The van der Waals surface area contributed by atoms with Crippen molar-refractivity contribution in [2.24, 2.45) is 0 Å². The fraction of sp³-hybridized carbons (Fsp3) is 0.250. The molecule has 1 amide bonds. The maximum absolute atomic E-state index is 13.7. The van der Waals surface area contributed by atoms with Crippen LogP contribution in [0.5, 0.6) is 11.5 Å². The van der Waals surface area contributed by atoms with Crippen LogP contribution in [0.1, 0.15) is 22.3 Å². The smallest absolute Gasteiger partial charge is 0.497 e. The SMILES string of the molecule is COc1cccc([C@]23C=C(OS(=O)(=O)C(F)(F)F)C(=O)N(Cc4ccccc4)[C@H]2Cc2cccc(OC)c23)c1. The molecule has 0 radical (unpaired) electrons. The van der Waals surface area contributed by atoms with Crippen LogP contribution in [0.3, 0.4) is 0 Å². The Morgan fingerprint density at radius 1 is 0.974 bits per heavy atom. The van der Waals surface area contributed by atoms with Crippen molar-refractivity contribution >= 4 is 16.0 Å². The van der Waals surface area contributed by atoms with Crippen LogP contribution in [-0.2, 0) is 37.5 Å². The van der Waals surface area contributed by atoms with Crippen LogP contribution in [0.15, 0.2) is 84.6 Å². The number of hydrogen-bond donors (Lipinski definition) is 0. The van der Waals surface area contributed by atoms with Crippen molar-refractivity contribution in [3.8, 4) is 11.5 Å². The van der Waals surface area contributed by atoms with E-state index in [1.165, 1.54) is 25.2 Å². The van der Waals surface area contributed by atoms with Crippen LogP contribution in [0.4, 0.5) is 13.2 Å². The number of fused-ring (bicyclic) bond motifs is 3. The monoisotopic (exact) mass is 559 g/mol. The van der Waals surface area contributed by atoms with Gasteiger partial charge in [0.1, 0.15) is 11.5 Å². The second-order valence-corrected chi connectivity index (χ2v) is 10.8. The highest BCUT2D eigenvalue weighted by Gasteiger charge is 2.58. The lowest BCUT2D eigenvalue weighted by Crippen LogP contribution is -2.55. The van der Waals surface area contributed by atoms with Crippen LogP contribution in [0.2, 0.25) is 0 Å². The third kappa shape index (κ3) is 4.40. The van der Waals surface area contributed by atoms with Gasteiger partial charge in [0.25, 0.3) is 5.91 Å². The van der Waals surface area contributed by atoms with Crippen LogP contribution >= 0.6 is 0 Å². The highest BCUT2D eigenvalue weighted by Crippen LogP contribution is 2.54. The Kier molecular flexibility index (Phi) is 6.58. The zero-order valence-corrected chi connectivity index (χ0v) is 21.8. The van der Waals surface area contributed by atoms with E-state index in [1.54, 1.807) is 66.7 Å². The molecule has 2 aliphatic rings. The molecule has 39 heavy (non-hydrogen) atoms. The van der Waals surface area contributed by atoms with Crippen LogP contribution in [0.25, 0.3) is 0 Å². The minimum Gasteiger partial charge on any atom is -0.497 e. The zero-order valence-electron chi connectivity index (χ0n) is 20.9. The fourth-order valence-electron chi connectivity index (χ4n) is 5.49. The molecular weight excluding hydrogens is 535 g/mol. The summed E-state index contributed by atoms with van der Waals surface area (Å²) in [6.07, 6.45) is 1.52. The summed E-state index contributed by atoms with van der Waals surface area (Å²) >= 11 is 0. The lowest BCUT2D eigenvalue weighted by Gasteiger charge is -2.45. The zero-order chi connectivity index (χ0) is 28.0. The van der Waals surface area contributed by atoms with Crippen LogP contribution in [-0.4, -0.2) is 45.0 Å². The van der Waals surface area contributed by atoms with Gasteiger partial charge in [-0.3, -0.25) is 4.79 Å². The molecule has 0 saturated carbocycles. The number of hydrogen-bond acceptors (Lipinski definition) is 6. The first-order valence-corrected chi connectivity index (χ1v) is 13.3. The Hall–Kier alpha value is -3.99. The molecule has 0 saturated heterocycles. The molecule has 0 fully saturated rings. The van der Waals surface area contributed by atoms with E-state index in [1.807, 2.05) is 6.07 Å². The third-order valence-electron chi connectivity index (χ3n) is 7.12. The summed E-state index contributed by atoms with van der Waals surface area (Å²) < 4.78 is 80.1. The Bertz CT molecular complexity index is 1550. The first-order chi connectivity index (χ1) is 18.5. The van der Waals surface area contributed by atoms with Crippen molar-refractivity contribution in [2.45, 2.75) is 29.9 Å². The quantitative estimate of drug-likeness (QED) is 0.308. The summed E-state index contributed by atoms with van der Waals surface area (Å²) in [5.41, 5.74) is -4.40. The van der Waals surface area contributed by atoms with Crippen molar-refractivity contribution in [1.29, 1.82) is 0 Å². The van der Waals surface area contributed by atoms with Gasteiger partial charge in [-0.2, -0.15) is 21.6 Å². The molecule has 0 spiro atoms. The van der Waals surface area contributed by atoms with Crippen molar-refractivity contribution in [3.05, 3.63) is 107 Å². The minimum absolute atomic E-state index is 0.000865. The molecule has 1 aliphatic carbocycles. The number of carbonyl (C=O) groups excluding carboxylic acids is 1. The van der Waals surface area contributed by atoms with E-state index >= 15 is 0 Å². The highest BCUT2D eigenvalue weighted by molar-refractivity contribution is 7.87.